The Kier molecular flexibility index (Phi) is 4.02. The predicted molar refractivity (Wildman–Crippen MR) is 69.7 cm³/mol. The van der Waals surface area contributed by atoms with Gasteiger partial charge < -0.3 is 4.74 Å². The second-order valence-electron chi connectivity index (χ2n) is 5.21. The standard InChI is InChI=1S/C14H22N2O/c1-10(2)7-8-12(16-15)14-9-11-5-3-4-6-13(11)17-14/h3-6,10,12,14,16H,7-9,15H2,1-2H3. The first-order valence-corrected chi connectivity index (χ1v) is 6.41. The Morgan fingerprint density at radius 3 is 2.76 bits per heavy atom. The normalized spacial score (nSPS) is 20.1. The molecule has 17 heavy (non-hydrogen) atoms. The van der Waals surface area contributed by atoms with Crippen molar-refractivity contribution >= 4 is 0 Å². The van der Waals surface area contributed by atoms with Crippen molar-refractivity contribution in [1.29, 1.82) is 0 Å². The van der Waals surface area contributed by atoms with E-state index in [1.54, 1.807) is 0 Å². The lowest BCUT2D eigenvalue weighted by Crippen LogP contribution is -2.46. The molecule has 2 atom stereocenters. The highest BCUT2D eigenvalue weighted by Gasteiger charge is 2.29. The van der Waals surface area contributed by atoms with Crippen LogP contribution in [0.25, 0.3) is 0 Å². The van der Waals surface area contributed by atoms with E-state index >= 15 is 0 Å². The largest absolute Gasteiger partial charge is 0.488 e. The van der Waals surface area contributed by atoms with Crippen LogP contribution in [0.5, 0.6) is 5.75 Å². The molecule has 3 nitrogen and oxygen atoms in total. The van der Waals surface area contributed by atoms with Crippen LogP contribution in [0.4, 0.5) is 0 Å². The van der Waals surface area contributed by atoms with Crippen molar-refractivity contribution < 1.29 is 4.74 Å². The van der Waals surface area contributed by atoms with Gasteiger partial charge in [-0.25, -0.2) is 0 Å². The van der Waals surface area contributed by atoms with Crippen LogP contribution >= 0.6 is 0 Å². The van der Waals surface area contributed by atoms with Crippen molar-refractivity contribution in [3.05, 3.63) is 29.8 Å². The molecule has 0 amide bonds. The zero-order chi connectivity index (χ0) is 12.3. The van der Waals surface area contributed by atoms with Gasteiger partial charge in [-0.1, -0.05) is 32.0 Å². The fraction of sp³-hybridized carbons (Fsp3) is 0.571. The molecule has 1 heterocycles. The molecule has 1 aliphatic heterocycles. The lowest BCUT2D eigenvalue weighted by atomic mass is 9.97. The molecule has 0 saturated heterocycles. The minimum atomic E-state index is 0.177. The molecule has 1 aliphatic rings. The van der Waals surface area contributed by atoms with Gasteiger partial charge in [-0.3, -0.25) is 11.3 Å². The van der Waals surface area contributed by atoms with Crippen LogP contribution in [0.2, 0.25) is 0 Å². The second kappa shape index (κ2) is 5.52. The molecule has 1 aromatic rings. The van der Waals surface area contributed by atoms with E-state index in [2.05, 4.69) is 31.4 Å². The van der Waals surface area contributed by atoms with E-state index in [4.69, 9.17) is 10.6 Å². The van der Waals surface area contributed by atoms with Gasteiger partial charge in [0, 0.05) is 6.42 Å². The van der Waals surface area contributed by atoms with Gasteiger partial charge in [0.2, 0.25) is 0 Å². The first kappa shape index (κ1) is 12.4. The van der Waals surface area contributed by atoms with Crippen LogP contribution in [0.3, 0.4) is 0 Å². The van der Waals surface area contributed by atoms with Crippen molar-refractivity contribution in [3.63, 3.8) is 0 Å². The summed E-state index contributed by atoms with van der Waals surface area (Å²) in [6, 6.07) is 8.48. The molecular formula is C14H22N2O. The number of nitrogens with one attached hydrogen (secondary N) is 1. The van der Waals surface area contributed by atoms with Crippen molar-refractivity contribution in [1.82, 2.24) is 5.43 Å². The molecule has 3 N–H and O–H groups in total. The molecule has 3 heteroatoms. The molecule has 0 bridgehead atoms. The molecule has 0 saturated carbocycles. The number of hydrogen-bond acceptors (Lipinski definition) is 3. The molecule has 0 fully saturated rings. The van der Waals surface area contributed by atoms with Gasteiger partial charge in [-0.2, -0.15) is 0 Å². The Morgan fingerprint density at radius 1 is 1.35 bits per heavy atom. The maximum Gasteiger partial charge on any atom is 0.123 e. The Labute approximate surface area is 103 Å². The van der Waals surface area contributed by atoms with Gasteiger partial charge >= 0.3 is 0 Å². The summed E-state index contributed by atoms with van der Waals surface area (Å²) in [4.78, 5) is 0. The van der Waals surface area contributed by atoms with Crippen molar-refractivity contribution in [3.8, 4) is 5.75 Å². The van der Waals surface area contributed by atoms with E-state index in [-0.39, 0.29) is 12.1 Å². The summed E-state index contributed by atoms with van der Waals surface area (Å²) in [7, 11) is 0. The summed E-state index contributed by atoms with van der Waals surface area (Å²) >= 11 is 0. The van der Waals surface area contributed by atoms with Crippen LogP contribution in [0.1, 0.15) is 32.3 Å². The fourth-order valence-corrected chi connectivity index (χ4v) is 2.32. The number of nitrogens with two attached hydrogens (primary N) is 1. The van der Waals surface area contributed by atoms with Crippen molar-refractivity contribution in [2.45, 2.75) is 45.3 Å². The van der Waals surface area contributed by atoms with Crippen molar-refractivity contribution in [2.75, 3.05) is 0 Å². The highest BCUT2D eigenvalue weighted by Crippen LogP contribution is 2.30. The summed E-state index contributed by atoms with van der Waals surface area (Å²) in [6.45, 7) is 4.47. The Bertz CT molecular complexity index is 340. The van der Waals surface area contributed by atoms with Crippen LogP contribution in [-0.4, -0.2) is 12.1 Å². The third-order valence-electron chi connectivity index (χ3n) is 3.39. The third kappa shape index (κ3) is 2.99. The number of ether oxygens (including phenoxy) is 1. The predicted octanol–water partition coefficient (Wildman–Crippen LogP) is 2.26. The highest BCUT2D eigenvalue weighted by atomic mass is 16.5. The van der Waals surface area contributed by atoms with Crippen LogP contribution in [0, 0.1) is 5.92 Å². The maximum absolute atomic E-state index is 5.95. The fourth-order valence-electron chi connectivity index (χ4n) is 2.32. The summed E-state index contributed by atoms with van der Waals surface area (Å²) in [5.74, 6) is 7.36. The molecule has 0 aliphatic carbocycles. The number of benzene rings is 1. The van der Waals surface area contributed by atoms with Gasteiger partial charge in [0.25, 0.3) is 0 Å². The number of fused-ring (bicyclic) bond motifs is 1. The highest BCUT2D eigenvalue weighted by molar-refractivity contribution is 5.37. The van der Waals surface area contributed by atoms with Crippen LogP contribution in [0.15, 0.2) is 24.3 Å². The van der Waals surface area contributed by atoms with Crippen LogP contribution in [-0.2, 0) is 6.42 Å². The zero-order valence-electron chi connectivity index (χ0n) is 10.6. The first-order valence-electron chi connectivity index (χ1n) is 6.41. The smallest absolute Gasteiger partial charge is 0.123 e. The monoisotopic (exact) mass is 234 g/mol. The quantitative estimate of drug-likeness (QED) is 0.607. The maximum atomic E-state index is 5.95. The van der Waals surface area contributed by atoms with E-state index in [9.17, 15) is 0 Å². The summed E-state index contributed by atoms with van der Waals surface area (Å²) in [5, 5.41) is 0. The minimum absolute atomic E-state index is 0.177. The molecule has 94 valence electrons. The Hall–Kier alpha value is -1.06. The number of hydrogen-bond donors (Lipinski definition) is 2. The number of para-hydroxylation sites is 1. The lowest BCUT2D eigenvalue weighted by molar-refractivity contribution is 0.168. The molecular weight excluding hydrogens is 212 g/mol. The minimum Gasteiger partial charge on any atom is -0.488 e. The Morgan fingerprint density at radius 2 is 2.12 bits per heavy atom. The van der Waals surface area contributed by atoms with E-state index in [1.807, 2.05) is 12.1 Å². The molecule has 0 spiro atoms. The summed E-state index contributed by atoms with van der Waals surface area (Å²) < 4.78 is 5.95. The Balaban J connectivity index is 1.95. The number of rotatable bonds is 5. The van der Waals surface area contributed by atoms with Gasteiger partial charge in [-0.05, 0) is 30.4 Å². The van der Waals surface area contributed by atoms with Crippen LogP contribution < -0.4 is 16.0 Å². The SMILES string of the molecule is CC(C)CCC(NN)C1Cc2ccccc2O1. The third-order valence-corrected chi connectivity index (χ3v) is 3.39. The average Bonchev–Trinajstić information content (AvgIpc) is 2.72. The average molecular weight is 234 g/mol. The number of hydrazine groups is 1. The topological polar surface area (TPSA) is 47.3 Å². The summed E-state index contributed by atoms with van der Waals surface area (Å²) in [6.07, 6.45) is 3.37. The van der Waals surface area contributed by atoms with E-state index < -0.39 is 0 Å². The second-order valence-corrected chi connectivity index (χ2v) is 5.21. The summed E-state index contributed by atoms with van der Waals surface area (Å²) in [5.41, 5.74) is 4.20. The van der Waals surface area contributed by atoms with E-state index in [1.165, 1.54) is 12.0 Å². The van der Waals surface area contributed by atoms with Gasteiger partial charge in [-0.15, -0.1) is 0 Å². The molecule has 0 radical (unpaired) electrons. The molecule has 1 aromatic carbocycles. The zero-order valence-corrected chi connectivity index (χ0v) is 10.6. The lowest BCUT2D eigenvalue weighted by Gasteiger charge is -2.23. The van der Waals surface area contributed by atoms with E-state index in [0.717, 1.165) is 18.6 Å². The van der Waals surface area contributed by atoms with Gasteiger partial charge in [0.05, 0.1) is 6.04 Å². The van der Waals surface area contributed by atoms with Crippen molar-refractivity contribution in [2.24, 2.45) is 11.8 Å². The molecule has 2 rings (SSSR count). The van der Waals surface area contributed by atoms with Gasteiger partial charge in [0.1, 0.15) is 11.9 Å². The molecule has 2 unspecified atom stereocenters. The van der Waals surface area contributed by atoms with Gasteiger partial charge in [0.15, 0.2) is 0 Å². The molecule has 0 aromatic heterocycles. The first-order chi connectivity index (χ1) is 8.20. The van der Waals surface area contributed by atoms with E-state index in [0.29, 0.717) is 5.92 Å².